The van der Waals surface area contributed by atoms with Gasteiger partial charge in [-0.25, -0.2) is 10.8 Å². The fraction of sp³-hybridized carbons (Fsp3) is 0.417. The summed E-state index contributed by atoms with van der Waals surface area (Å²) in [5.74, 6) is 5.68. The minimum Gasteiger partial charge on any atom is -0.352 e. The lowest BCUT2D eigenvalue weighted by atomic mass is 10.2. The molecule has 98 valence electrons. The Bertz CT molecular complexity index is 403. The molecule has 1 aromatic heterocycles. The predicted octanol–water partition coefficient (Wildman–Crippen LogP) is 0.856. The van der Waals surface area contributed by atoms with Crippen molar-refractivity contribution >= 4 is 17.5 Å². The summed E-state index contributed by atoms with van der Waals surface area (Å²) in [6.45, 7) is 2.13. The topological polar surface area (TPSA) is 97.1 Å². The number of hydrogen-bond acceptors (Lipinski definition) is 5. The number of carbonyl (C=O) groups excluding carboxylic acids is 2. The molecule has 0 saturated heterocycles. The highest BCUT2D eigenvalue weighted by Gasteiger charge is 2.05. The Morgan fingerprint density at radius 3 is 2.67 bits per heavy atom. The van der Waals surface area contributed by atoms with Crippen LogP contribution in [0.3, 0.4) is 0 Å². The van der Waals surface area contributed by atoms with Crippen LogP contribution in [0.2, 0.25) is 0 Å². The maximum atomic E-state index is 11.7. The molecule has 0 radical (unpaired) electrons. The van der Waals surface area contributed by atoms with E-state index in [-0.39, 0.29) is 11.7 Å². The van der Waals surface area contributed by atoms with Crippen molar-refractivity contribution in [1.82, 2.24) is 10.3 Å². The maximum Gasteiger partial charge on any atom is 0.252 e. The summed E-state index contributed by atoms with van der Waals surface area (Å²) in [5, 5.41) is 2.77. The summed E-state index contributed by atoms with van der Waals surface area (Å²) < 4.78 is 0. The van der Waals surface area contributed by atoms with Crippen molar-refractivity contribution in [3.63, 3.8) is 0 Å². The SMILES string of the molecule is CC(=O)CCCCNC(=O)c1ccc(NN)nc1. The molecule has 0 fully saturated rings. The summed E-state index contributed by atoms with van der Waals surface area (Å²) in [4.78, 5) is 26.3. The number of nitrogens with two attached hydrogens (primary N) is 1. The van der Waals surface area contributed by atoms with Crippen LogP contribution in [0.1, 0.15) is 36.5 Å². The van der Waals surface area contributed by atoms with Gasteiger partial charge in [0.15, 0.2) is 0 Å². The second-order valence-corrected chi connectivity index (χ2v) is 3.99. The van der Waals surface area contributed by atoms with Crippen molar-refractivity contribution in [2.75, 3.05) is 12.0 Å². The Hall–Kier alpha value is -1.95. The molecule has 1 amide bonds. The zero-order valence-corrected chi connectivity index (χ0v) is 10.4. The summed E-state index contributed by atoms with van der Waals surface area (Å²) in [6.07, 6.45) is 3.61. The Balaban J connectivity index is 2.29. The molecule has 0 aliphatic heterocycles. The average molecular weight is 250 g/mol. The zero-order chi connectivity index (χ0) is 13.4. The van der Waals surface area contributed by atoms with Gasteiger partial charge in [-0.3, -0.25) is 4.79 Å². The smallest absolute Gasteiger partial charge is 0.252 e. The van der Waals surface area contributed by atoms with Gasteiger partial charge in [-0.1, -0.05) is 0 Å². The van der Waals surface area contributed by atoms with Crippen LogP contribution in [0.4, 0.5) is 5.82 Å². The first kappa shape index (κ1) is 14.1. The van der Waals surface area contributed by atoms with Gasteiger partial charge in [0, 0.05) is 19.2 Å². The second-order valence-electron chi connectivity index (χ2n) is 3.99. The first-order chi connectivity index (χ1) is 8.63. The highest BCUT2D eigenvalue weighted by atomic mass is 16.1. The number of nitrogens with one attached hydrogen (secondary N) is 2. The number of hydrogen-bond donors (Lipinski definition) is 3. The Labute approximate surface area is 106 Å². The molecular formula is C12H18N4O2. The number of aromatic nitrogens is 1. The van der Waals surface area contributed by atoms with Crippen LogP contribution in [-0.4, -0.2) is 23.2 Å². The molecule has 0 aromatic carbocycles. The minimum absolute atomic E-state index is 0.172. The first-order valence-corrected chi connectivity index (χ1v) is 5.84. The number of amides is 1. The molecule has 0 unspecified atom stereocenters. The van der Waals surface area contributed by atoms with Crippen LogP contribution in [0.5, 0.6) is 0 Å². The standard InChI is InChI=1S/C12H18N4O2/c1-9(17)4-2-3-7-14-12(18)10-5-6-11(16-13)15-8-10/h5-6,8H,2-4,7,13H2,1H3,(H,14,18)(H,15,16). The monoisotopic (exact) mass is 250 g/mol. The number of nitrogen functional groups attached to an aromatic ring is 1. The summed E-state index contributed by atoms with van der Waals surface area (Å²) in [6, 6.07) is 3.28. The largest absolute Gasteiger partial charge is 0.352 e. The number of hydrazine groups is 1. The Morgan fingerprint density at radius 1 is 1.33 bits per heavy atom. The summed E-state index contributed by atoms with van der Waals surface area (Å²) >= 11 is 0. The molecule has 0 spiro atoms. The van der Waals surface area contributed by atoms with Gasteiger partial charge in [-0.2, -0.15) is 0 Å². The molecule has 0 aliphatic carbocycles. The molecule has 0 atom stereocenters. The fourth-order valence-electron chi connectivity index (χ4n) is 1.42. The molecule has 1 rings (SSSR count). The molecule has 0 saturated carbocycles. The van der Waals surface area contributed by atoms with E-state index in [4.69, 9.17) is 5.84 Å². The number of ketones is 1. The zero-order valence-electron chi connectivity index (χ0n) is 10.4. The van der Waals surface area contributed by atoms with Crippen LogP contribution in [0.25, 0.3) is 0 Å². The third-order valence-electron chi connectivity index (χ3n) is 2.41. The van der Waals surface area contributed by atoms with E-state index < -0.39 is 0 Å². The molecule has 0 bridgehead atoms. The number of nitrogens with zero attached hydrogens (tertiary/aromatic N) is 1. The quantitative estimate of drug-likeness (QED) is 0.379. The van der Waals surface area contributed by atoms with Crippen LogP contribution in [-0.2, 0) is 4.79 Å². The van der Waals surface area contributed by atoms with E-state index in [2.05, 4.69) is 15.7 Å². The predicted molar refractivity (Wildman–Crippen MR) is 68.9 cm³/mol. The number of Topliss-reactive ketones (excluding diaryl/α,β-unsaturated/α-hetero) is 1. The molecule has 1 heterocycles. The van der Waals surface area contributed by atoms with E-state index in [1.165, 1.54) is 6.20 Å². The number of pyridine rings is 1. The lowest BCUT2D eigenvalue weighted by molar-refractivity contribution is -0.117. The molecule has 6 nitrogen and oxygen atoms in total. The van der Waals surface area contributed by atoms with Crippen molar-refractivity contribution in [1.29, 1.82) is 0 Å². The summed E-state index contributed by atoms with van der Waals surface area (Å²) in [7, 11) is 0. The van der Waals surface area contributed by atoms with Gasteiger partial charge in [0.05, 0.1) is 5.56 Å². The average Bonchev–Trinajstić information content (AvgIpc) is 2.38. The van der Waals surface area contributed by atoms with Crippen molar-refractivity contribution in [2.24, 2.45) is 5.84 Å². The van der Waals surface area contributed by atoms with Gasteiger partial charge in [0.25, 0.3) is 5.91 Å². The minimum atomic E-state index is -0.172. The van der Waals surface area contributed by atoms with E-state index in [0.717, 1.165) is 12.8 Å². The van der Waals surface area contributed by atoms with Crippen LogP contribution >= 0.6 is 0 Å². The van der Waals surface area contributed by atoms with Gasteiger partial charge in [0.1, 0.15) is 11.6 Å². The van der Waals surface area contributed by atoms with E-state index in [1.807, 2.05) is 0 Å². The van der Waals surface area contributed by atoms with Gasteiger partial charge < -0.3 is 15.5 Å². The number of unbranched alkanes of at least 4 members (excludes halogenated alkanes) is 1. The van der Waals surface area contributed by atoms with E-state index in [1.54, 1.807) is 19.1 Å². The summed E-state index contributed by atoms with van der Waals surface area (Å²) in [5.41, 5.74) is 2.88. The van der Waals surface area contributed by atoms with Crippen molar-refractivity contribution in [3.05, 3.63) is 23.9 Å². The fourth-order valence-corrected chi connectivity index (χ4v) is 1.42. The van der Waals surface area contributed by atoms with Crippen LogP contribution < -0.4 is 16.6 Å². The van der Waals surface area contributed by atoms with Gasteiger partial charge in [0.2, 0.25) is 0 Å². The lowest BCUT2D eigenvalue weighted by Gasteiger charge is -2.05. The normalized spacial score (nSPS) is 9.89. The third kappa shape index (κ3) is 4.92. The maximum absolute atomic E-state index is 11.7. The van der Waals surface area contributed by atoms with Crippen LogP contribution in [0.15, 0.2) is 18.3 Å². The van der Waals surface area contributed by atoms with Gasteiger partial charge in [-0.15, -0.1) is 0 Å². The molecule has 18 heavy (non-hydrogen) atoms. The van der Waals surface area contributed by atoms with E-state index in [9.17, 15) is 9.59 Å². The van der Waals surface area contributed by atoms with E-state index in [0.29, 0.717) is 24.3 Å². The number of carbonyl (C=O) groups is 2. The molecular weight excluding hydrogens is 232 g/mol. The molecule has 6 heteroatoms. The van der Waals surface area contributed by atoms with Crippen molar-refractivity contribution < 1.29 is 9.59 Å². The molecule has 0 aliphatic rings. The third-order valence-corrected chi connectivity index (χ3v) is 2.41. The highest BCUT2D eigenvalue weighted by molar-refractivity contribution is 5.94. The lowest BCUT2D eigenvalue weighted by Crippen LogP contribution is -2.24. The second kappa shape index (κ2) is 7.39. The van der Waals surface area contributed by atoms with Crippen molar-refractivity contribution in [3.8, 4) is 0 Å². The highest BCUT2D eigenvalue weighted by Crippen LogP contribution is 2.03. The number of rotatable bonds is 7. The molecule has 4 N–H and O–H groups in total. The number of anilines is 1. The van der Waals surface area contributed by atoms with Crippen molar-refractivity contribution in [2.45, 2.75) is 26.2 Å². The van der Waals surface area contributed by atoms with E-state index >= 15 is 0 Å². The Morgan fingerprint density at radius 2 is 2.11 bits per heavy atom. The van der Waals surface area contributed by atoms with Gasteiger partial charge in [-0.05, 0) is 31.9 Å². The molecule has 1 aromatic rings. The Kier molecular flexibility index (Phi) is 5.79. The van der Waals surface area contributed by atoms with Crippen LogP contribution in [0, 0.1) is 0 Å². The first-order valence-electron chi connectivity index (χ1n) is 5.84. The van der Waals surface area contributed by atoms with Gasteiger partial charge >= 0.3 is 0 Å².